The first-order valence-corrected chi connectivity index (χ1v) is 11.2. The minimum atomic E-state index is -0.450. The van der Waals surface area contributed by atoms with Gasteiger partial charge in [0.15, 0.2) is 11.5 Å². The third-order valence-electron chi connectivity index (χ3n) is 5.36. The van der Waals surface area contributed by atoms with Gasteiger partial charge in [0.2, 0.25) is 17.7 Å². The van der Waals surface area contributed by atoms with E-state index in [-0.39, 0.29) is 30.7 Å². The fourth-order valence-electron chi connectivity index (χ4n) is 3.83. The molecular weight excluding hydrogens is 422 g/mol. The van der Waals surface area contributed by atoms with Gasteiger partial charge in [0.05, 0.1) is 25.7 Å². The van der Waals surface area contributed by atoms with Crippen molar-refractivity contribution in [3.63, 3.8) is 0 Å². The zero-order valence-corrected chi connectivity index (χ0v) is 19.4. The second kappa shape index (κ2) is 11.4. The third kappa shape index (κ3) is 6.47. The molecule has 3 amide bonds. The van der Waals surface area contributed by atoms with E-state index in [2.05, 4.69) is 5.32 Å². The van der Waals surface area contributed by atoms with Crippen LogP contribution in [-0.2, 0) is 20.9 Å². The number of ether oxygens (including phenoxy) is 2. The Morgan fingerprint density at radius 1 is 1.06 bits per heavy atom. The highest BCUT2D eigenvalue weighted by Crippen LogP contribution is 2.30. The Morgan fingerprint density at radius 3 is 2.45 bits per heavy atom. The van der Waals surface area contributed by atoms with Gasteiger partial charge in [-0.25, -0.2) is 0 Å². The number of carbonyl (C=O) groups excluding carboxylic acids is 3. The second-order valence-corrected chi connectivity index (χ2v) is 7.93. The molecule has 33 heavy (non-hydrogen) atoms. The summed E-state index contributed by atoms with van der Waals surface area (Å²) in [5.41, 5.74) is 1.58. The predicted octanol–water partition coefficient (Wildman–Crippen LogP) is 2.93. The Labute approximate surface area is 194 Å². The molecule has 0 saturated carbocycles. The van der Waals surface area contributed by atoms with E-state index in [0.717, 1.165) is 5.56 Å². The van der Waals surface area contributed by atoms with Crippen molar-refractivity contribution in [3.8, 4) is 11.5 Å². The summed E-state index contributed by atoms with van der Waals surface area (Å²) >= 11 is 0. The van der Waals surface area contributed by atoms with Crippen LogP contribution in [0.15, 0.2) is 48.5 Å². The molecule has 1 aliphatic heterocycles. The van der Waals surface area contributed by atoms with Crippen molar-refractivity contribution < 1.29 is 23.9 Å². The number of carbonyl (C=O) groups is 3. The molecule has 1 saturated heterocycles. The van der Waals surface area contributed by atoms with Gasteiger partial charge in [-0.15, -0.1) is 0 Å². The zero-order chi connectivity index (χ0) is 23.8. The number of nitrogens with zero attached hydrogens (tertiary/aromatic N) is 2. The van der Waals surface area contributed by atoms with E-state index in [4.69, 9.17) is 9.47 Å². The lowest BCUT2D eigenvalue weighted by atomic mass is 10.1. The fourth-order valence-corrected chi connectivity index (χ4v) is 3.83. The van der Waals surface area contributed by atoms with Crippen LogP contribution in [0, 0.1) is 5.92 Å². The molecule has 0 spiro atoms. The van der Waals surface area contributed by atoms with Gasteiger partial charge in [-0.05, 0) is 31.5 Å². The SMILES string of the molecule is CCOc1ccc(NC(=O)CN(C)C(=O)[C@H]2CC(=O)N(Cc3ccccc3)C2)cc1OCC. The third-order valence-corrected chi connectivity index (χ3v) is 5.36. The van der Waals surface area contributed by atoms with Crippen molar-refractivity contribution in [1.29, 1.82) is 0 Å². The molecule has 0 unspecified atom stereocenters. The van der Waals surface area contributed by atoms with Gasteiger partial charge in [-0.3, -0.25) is 14.4 Å². The average molecular weight is 454 g/mol. The molecule has 1 N–H and O–H groups in total. The molecule has 1 fully saturated rings. The maximum absolute atomic E-state index is 12.9. The number of likely N-dealkylation sites (N-methyl/N-ethyl adjacent to an activating group) is 1. The first kappa shape index (κ1) is 24.1. The van der Waals surface area contributed by atoms with Crippen molar-refractivity contribution in [2.24, 2.45) is 5.92 Å². The topological polar surface area (TPSA) is 88.2 Å². The van der Waals surface area contributed by atoms with Gasteiger partial charge in [0, 0.05) is 38.3 Å². The van der Waals surface area contributed by atoms with Crippen molar-refractivity contribution in [2.75, 3.05) is 38.7 Å². The Balaban J connectivity index is 1.54. The van der Waals surface area contributed by atoms with Gasteiger partial charge < -0.3 is 24.6 Å². The standard InChI is InChI=1S/C25H31N3O5/c1-4-32-21-12-11-20(14-22(21)33-5-2)26-23(29)17-27(3)25(31)19-13-24(30)28(16-19)15-18-9-7-6-8-10-18/h6-12,14,19H,4-5,13,15-17H2,1-3H3,(H,26,29)/t19-/m0/s1. The van der Waals surface area contributed by atoms with Crippen molar-refractivity contribution in [2.45, 2.75) is 26.8 Å². The number of hydrogen-bond donors (Lipinski definition) is 1. The van der Waals surface area contributed by atoms with Crippen LogP contribution >= 0.6 is 0 Å². The summed E-state index contributed by atoms with van der Waals surface area (Å²) in [6, 6.07) is 14.8. The molecule has 1 atom stereocenters. The number of anilines is 1. The largest absolute Gasteiger partial charge is 0.490 e. The molecule has 0 radical (unpaired) electrons. The van der Waals surface area contributed by atoms with Gasteiger partial charge >= 0.3 is 0 Å². The summed E-state index contributed by atoms with van der Waals surface area (Å²) in [5.74, 6) is 0.112. The number of benzene rings is 2. The normalized spacial score (nSPS) is 15.3. The molecule has 2 aromatic carbocycles. The number of rotatable bonds is 10. The number of nitrogens with one attached hydrogen (secondary N) is 1. The molecular formula is C25H31N3O5. The highest BCUT2D eigenvalue weighted by Gasteiger charge is 2.36. The van der Waals surface area contributed by atoms with Crippen molar-refractivity contribution in [1.82, 2.24) is 9.80 Å². The van der Waals surface area contributed by atoms with Crippen LogP contribution in [0.3, 0.4) is 0 Å². The maximum atomic E-state index is 12.9. The minimum Gasteiger partial charge on any atom is -0.490 e. The first-order chi connectivity index (χ1) is 15.9. The quantitative estimate of drug-likeness (QED) is 0.598. The maximum Gasteiger partial charge on any atom is 0.243 e. The van der Waals surface area contributed by atoms with E-state index in [1.165, 1.54) is 4.90 Å². The molecule has 0 aromatic heterocycles. The average Bonchev–Trinajstić information content (AvgIpc) is 3.16. The summed E-state index contributed by atoms with van der Waals surface area (Å²) in [4.78, 5) is 40.9. The summed E-state index contributed by atoms with van der Waals surface area (Å²) in [6.07, 6.45) is 0.161. The van der Waals surface area contributed by atoms with Crippen LogP contribution in [-0.4, -0.2) is 60.9 Å². The molecule has 0 bridgehead atoms. The van der Waals surface area contributed by atoms with E-state index in [1.807, 2.05) is 44.2 Å². The highest BCUT2D eigenvalue weighted by molar-refractivity contribution is 5.96. The number of amides is 3. The molecule has 1 aliphatic rings. The van der Waals surface area contributed by atoms with Gasteiger partial charge in [0.1, 0.15) is 0 Å². The van der Waals surface area contributed by atoms with Crippen LogP contribution in [0.25, 0.3) is 0 Å². The molecule has 3 rings (SSSR count). The Hall–Kier alpha value is -3.55. The molecule has 2 aromatic rings. The number of likely N-dealkylation sites (tertiary alicyclic amines) is 1. The van der Waals surface area contributed by atoms with Crippen LogP contribution in [0.4, 0.5) is 5.69 Å². The van der Waals surface area contributed by atoms with Crippen LogP contribution in [0.5, 0.6) is 11.5 Å². The van der Waals surface area contributed by atoms with E-state index in [1.54, 1.807) is 30.1 Å². The molecule has 0 aliphatic carbocycles. The Bertz CT molecular complexity index is 979. The Kier molecular flexibility index (Phi) is 8.29. The molecule has 8 heteroatoms. The summed E-state index contributed by atoms with van der Waals surface area (Å²) in [5, 5.41) is 2.79. The minimum absolute atomic E-state index is 0.0482. The second-order valence-electron chi connectivity index (χ2n) is 7.93. The van der Waals surface area contributed by atoms with Gasteiger partial charge in [-0.1, -0.05) is 30.3 Å². The van der Waals surface area contributed by atoms with E-state index >= 15 is 0 Å². The predicted molar refractivity (Wildman–Crippen MR) is 125 cm³/mol. The Morgan fingerprint density at radius 2 is 1.76 bits per heavy atom. The fraction of sp³-hybridized carbons (Fsp3) is 0.400. The zero-order valence-electron chi connectivity index (χ0n) is 19.4. The molecule has 8 nitrogen and oxygen atoms in total. The monoisotopic (exact) mass is 453 g/mol. The highest BCUT2D eigenvalue weighted by atomic mass is 16.5. The van der Waals surface area contributed by atoms with E-state index < -0.39 is 5.92 Å². The lowest BCUT2D eigenvalue weighted by Gasteiger charge is -2.21. The molecule has 1 heterocycles. The summed E-state index contributed by atoms with van der Waals surface area (Å²) in [6.45, 7) is 5.46. The van der Waals surface area contributed by atoms with Crippen molar-refractivity contribution >= 4 is 23.4 Å². The van der Waals surface area contributed by atoms with Crippen LogP contribution in [0.2, 0.25) is 0 Å². The first-order valence-electron chi connectivity index (χ1n) is 11.2. The summed E-state index contributed by atoms with van der Waals surface area (Å²) in [7, 11) is 1.58. The smallest absolute Gasteiger partial charge is 0.243 e. The van der Waals surface area contributed by atoms with E-state index in [9.17, 15) is 14.4 Å². The van der Waals surface area contributed by atoms with Crippen LogP contribution < -0.4 is 14.8 Å². The van der Waals surface area contributed by atoms with Crippen molar-refractivity contribution in [3.05, 3.63) is 54.1 Å². The van der Waals surface area contributed by atoms with Gasteiger partial charge in [-0.2, -0.15) is 0 Å². The van der Waals surface area contributed by atoms with Crippen LogP contribution in [0.1, 0.15) is 25.8 Å². The van der Waals surface area contributed by atoms with Gasteiger partial charge in [0.25, 0.3) is 0 Å². The lowest BCUT2D eigenvalue weighted by molar-refractivity contribution is -0.137. The summed E-state index contributed by atoms with van der Waals surface area (Å²) < 4.78 is 11.1. The number of hydrogen-bond acceptors (Lipinski definition) is 5. The lowest BCUT2D eigenvalue weighted by Crippen LogP contribution is -2.39. The van der Waals surface area contributed by atoms with E-state index in [0.29, 0.717) is 43.5 Å². The molecule has 176 valence electrons.